The first-order chi connectivity index (χ1) is 10.9. The summed E-state index contributed by atoms with van der Waals surface area (Å²) in [6.07, 6.45) is 0.595. The van der Waals surface area contributed by atoms with Crippen LogP contribution in [0.5, 0.6) is 0 Å². The number of amides is 2. The van der Waals surface area contributed by atoms with E-state index in [1.165, 1.54) is 12.1 Å². The molecule has 3 atom stereocenters. The number of hydroxylamine groups is 2. The summed E-state index contributed by atoms with van der Waals surface area (Å²) in [5.41, 5.74) is 0.338. The molecule has 0 N–H and O–H groups in total. The van der Waals surface area contributed by atoms with Crippen LogP contribution in [0.15, 0.2) is 24.3 Å². The fraction of sp³-hybridized carbons (Fsp3) is 0.438. The van der Waals surface area contributed by atoms with Gasteiger partial charge in [-0.15, -0.1) is 0 Å². The number of imide groups is 1. The summed E-state index contributed by atoms with van der Waals surface area (Å²) in [5.74, 6) is -7.00. The smallest absolute Gasteiger partial charge is 0.329 e. The predicted molar refractivity (Wildman–Crippen MR) is 72.3 cm³/mol. The number of halogens is 2. The van der Waals surface area contributed by atoms with Crippen molar-refractivity contribution >= 4 is 17.8 Å². The van der Waals surface area contributed by atoms with Gasteiger partial charge in [-0.3, -0.25) is 9.59 Å². The Bertz CT molecular complexity index is 698. The minimum atomic E-state index is -2.69. The van der Waals surface area contributed by atoms with Crippen molar-refractivity contribution < 1.29 is 28.0 Å². The van der Waals surface area contributed by atoms with Crippen LogP contribution in [0.4, 0.5) is 8.78 Å². The number of nitrogens with zero attached hydrogens (tertiary/aromatic N) is 1. The molecule has 0 saturated heterocycles. The molecule has 2 fully saturated rings. The maximum absolute atomic E-state index is 13.4. The average molecular weight is 321 g/mol. The zero-order chi connectivity index (χ0) is 16.4. The van der Waals surface area contributed by atoms with Crippen LogP contribution in [0, 0.1) is 17.8 Å². The van der Waals surface area contributed by atoms with Gasteiger partial charge in [-0.2, -0.15) is 0 Å². The van der Waals surface area contributed by atoms with Crippen molar-refractivity contribution in [2.75, 3.05) is 0 Å². The Morgan fingerprint density at radius 2 is 1.70 bits per heavy atom. The Kier molecular flexibility index (Phi) is 2.86. The van der Waals surface area contributed by atoms with E-state index in [4.69, 9.17) is 4.84 Å². The van der Waals surface area contributed by atoms with Gasteiger partial charge < -0.3 is 4.84 Å². The summed E-state index contributed by atoms with van der Waals surface area (Å²) in [5, 5.41) is 0.435. The van der Waals surface area contributed by atoms with Crippen molar-refractivity contribution in [2.45, 2.75) is 25.2 Å². The monoisotopic (exact) mass is 321 g/mol. The van der Waals surface area contributed by atoms with Gasteiger partial charge in [-0.25, -0.2) is 13.6 Å². The molecule has 2 saturated carbocycles. The first-order valence-corrected chi connectivity index (χ1v) is 7.48. The molecule has 0 radical (unpaired) electrons. The summed E-state index contributed by atoms with van der Waals surface area (Å²) in [7, 11) is 0. The third-order valence-electron chi connectivity index (χ3n) is 5.00. The minimum absolute atomic E-state index is 0.0413. The number of hydrogen-bond donors (Lipinski definition) is 0. The summed E-state index contributed by atoms with van der Waals surface area (Å²) in [6, 6.07) is 6.15. The molecule has 2 aliphatic carbocycles. The predicted octanol–water partition coefficient (Wildman–Crippen LogP) is 2.42. The molecular weight excluding hydrogens is 308 g/mol. The van der Waals surface area contributed by atoms with E-state index in [-0.39, 0.29) is 24.0 Å². The van der Waals surface area contributed by atoms with Crippen LogP contribution in [0.3, 0.4) is 0 Å². The number of benzene rings is 1. The van der Waals surface area contributed by atoms with E-state index in [0.29, 0.717) is 11.5 Å². The van der Waals surface area contributed by atoms with Gasteiger partial charge in [0.15, 0.2) is 0 Å². The Balaban J connectivity index is 1.46. The Morgan fingerprint density at radius 1 is 1.09 bits per heavy atom. The third-order valence-corrected chi connectivity index (χ3v) is 5.00. The van der Waals surface area contributed by atoms with E-state index >= 15 is 0 Å². The van der Waals surface area contributed by atoms with Crippen molar-refractivity contribution in [1.29, 1.82) is 0 Å². The van der Waals surface area contributed by atoms with Gasteiger partial charge in [0.05, 0.1) is 17.0 Å². The number of rotatable bonds is 2. The largest absolute Gasteiger partial charge is 0.336 e. The van der Waals surface area contributed by atoms with Gasteiger partial charge >= 0.3 is 5.97 Å². The average Bonchev–Trinajstić information content (AvgIpc) is 3.02. The SMILES string of the molecule is O=C(ON1C(=O)c2ccccc2C1=O)[C@H]1CC[C@@H]2[C@H](C1)C2(F)F. The van der Waals surface area contributed by atoms with E-state index < -0.39 is 41.5 Å². The quantitative estimate of drug-likeness (QED) is 0.785. The van der Waals surface area contributed by atoms with Gasteiger partial charge in [0.25, 0.3) is 17.7 Å². The van der Waals surface area contributed by atoms with Crippen molar-refractivity contribution in [3.63, 3.8) is 0 Å². The summed E-state index contributed by atoms with van der Waals surface area (Å²) in [6.45, 7) is 0. The van der Waals surface area contributed by atoms with E-state index in [9.17, 15) is 23.2 Å². The lowest BCUT2D eigenvalue weighted by Crippen LogP contribution is -2.35. The van der Waals surface area contributed by atoms with E-state index in [0.717, 1.165) is 0 Å². The Morgan fingerprint density at radius 3 is 2.26 bits per heavy atom. The second-order valence-corrected chi connectivity index (χ2v) is 6.26. The van der Waals surface area contributed by atoms with E-state index in [1.54, 1.807) is 12.1 Å². The number of carbonyl (C=O) groups excluding carboxylic acids is 3. The molecule has 120 valence electrons. The molecule has 1 aromatic rings. The fourth-order valence-electron chi connectivity index (χ4n) is 3.61. The fourth-order valence-corrected chi connectivity index (χ4v) is 3.61. The first-order valence-electron chi connectivity index (χ1n) is 7.48. The minimum Gasteiger partial charge on any atom is -0.329 e. The molecule has 5 nitrogen and oxygen atoms in total. The third kappa shape index (κ3) is 1.99. The topological polar surface area (TPSA) is 63.7 Å². The molecule has 0 aromatic heterocycles. The molecule has 2 amide bonds. The number of fused-ring (bicyclic) bond motifs is 2. The van der Waals surface area contributed by atoms with Crippen molar-refractivity contribution in [3.8, 4) is 0 Å². The maximum atomic E-state index is 13.4. The molecule has 3 aliphatic rings. The molecule has 0 spiro atoms. The van der Waals surface area contributed by atoms with Crippen molar-refractivity contribution in [2.24, 2.45) is 17.8 Å². The maximum Gasteiger partial charge on any atom is 0.336 e. The molecule has 0 unspecified atom stereocenters. The highest BCUT2D eigenvalue weighted by atomic mass is 19.3. The molecule has 1 aromatic carbocycles. The van der Waals surface area contributed by atoms with Crippen LogP contribution < -0.4 is 0 Å². The number of carbonyl (C=O) groups is 3. The number of hydrogen-bond acceptors (Lipinski definition) is 4. The first kappa shape index (κ1) is 14.3. The van der Waals surface area contributed by atoms with Crippen molar-refractivity contribution in [3.05, 3.63) is 35.4 Å². The molecular formula is C16H13F2NO4. The van der Waals surface area contributed by atoms with Gasteiger partial charge in [-0.1, -0.05) is 17.2 Å². The van der Waals surface area contributed by atoms with Crippen LogP contribution >= 0.6 is 0 Å². The lowest BCUT2D eigenvalue weighted by Gasteiger charge is -2.20. The molecule has 1 aliphatic heterocycles. The highest BCUT2D eigenvalue weighted by Crippen LogP contribution is 2.63. The lowest BCUT2D eigenvalue weighted by molar-refractivity contribution is -0.175. The van der Waals surface area contributed by atoms with Crippen LogP contribution in [0.1, 0.15) is 40.0 Å². The van der Waals surface area contributed by atoms with Crippen LogP contribution in [-0.4, -0.2) is 28.8 Å². The van der Waals surface area contributed by atoms with E-state index in [2.05, 4.69) is 0 Å². The Hall–Kier alpha value is -2.31. The van der Waals surface area contributed by atoms with Gasteiger partial charge in [-0.05, 0) is 31.4 Å². The molecule has 23 heavy (non-hydrogen) atoms. The van der Waals surface area contributed by atoms with Gasteiger partial charge in [0.2, 0.25) is 0 Å². The Labute approximate surface area is 130 Å². The van der Waals surface area contributed by atoms with Gasteiger partial charge in [0, 0.05) is 11.8 Å². The molecule has 4 rings (SSSR count). The van der Waals surface area contributed by atoms with Crippen molar-refractivity contribution in [1.82, 2.24) is 5.06 Å². The lowest BCUT2D eigenvalue weighted by atomic mass is 9.89. The molecule has 7 heteroatoms. The zero-order valence-corrected chi connectivity index (χ0v) is 12.0. The second kappa shape index (κ2) is 4.59. The molecule has 0 bridgehead atoms. The summed E-state index contributed by atoms with van der Waals surface area (Å²) >= 11 is 0. The number of alkyl halides is 2. The summed E-state index contributed by atoms with van der Waals surface area (Å²) in [4.78, 5) is 41.3. The highest BCUT2D eigenvalue weighted by Gasteiger charge is 2.69. The zero-order valence-electron chi connectivity index (χ0n) is 12.0. The van der Waals surface area contributed by atoms with Crippen LogP contribution in [0.25, 0.3) is 0 Å². The van der Waals surface area contributed by atoms with Crippen LogP contribution in [0.2, 0.25) is 0 Å². The second-order valence-electron chi connectivity index (χ2n) is 6.26. The highest BCUT2D eigenvalue weighted by molar-refractivity contribution is 6.20. The molecule has 1 heterocycles. The summed E-state index contributed by atoms with van der Waals surface area (Å²) < 4.78 is 26.8. The van der Waals surface area contributed by atoms with E-state index in [1.807, 2.05) is 0 Å². The van der Waals surface area contributed by atoms with Gasteiger partial charge in [0.1, 0.15) is 0 Å². The standard InChI is InChI=1S/C16H13F2NO4/c17-16(18)11-6-5-8(7-12(11)16)15(22)23-19-13(20)9-3-1-2-4-10(9)14(19)21/h1-4,8,11-12H,5-7H2/t8-,11+,12-/m0/s1. The van der Waals surface area contributed by atoms with Crippen LogP contribution in [-0.2, 0) is 9.63 Å². The normalized spacial score (nSPS) is 30.7.